The highest BCUT2D eigenvalue weighted by atomic mass is 127. The first kappa shape index (κ1) is 11.2. The Morgan fingerprint density at radius 1 is 1.33 bits per heavy atom. The zero-order valence-corrected chi connectivity index (χ0v) is 11.2. The van der Waals surface area contributed by atoms with Gasteiger partial charge in [0.05, 0.1) is 0 Å². The summed E-state index contributed by atoms with van der Waals surface area (Å²) in [4.78, 5) is 0. The Bertz CT molecular complexity index is 332. The Morgan fingerprint density at radius 2 is 2.07 bits per heavy atom. The van der Waals surface area contributed by atoms with Crippen LogP contribution in [-0.4, -0.2) is 19.1 Å². The summed E-state index contributed by atoms with van der Waals surface area (Å²) in [6.07, 6.45) is 2.46. The van der Waals surface area contributed by atoms with E-state index in [1.54, 1.807) is 0 Å². The van der Waals surface area contributed by atoms with Gasteiger partial charge in [-0.15, -0.1) is 0 Å². The maximum absolute atomic E-state index is 3.63. The quantitative estimate of drug-likeness (QED) is 0.820. The van der Waals surface area contributed by atoms with Crippen LogP contribution in [-0.2, 0) is 0 Å². The molecule has 2 N–H and O–H groups in total. The number of hydrogen-bond donors (Lipinski definition) is 2. The van der Waals surface area contributed by atoms with Crippen molar-refractivity contribution in [3.63, 3.8) is 0 Å². The molecule has 1 aromatic carbocycles. The van der Waals surface area contributed by atoms with E-state index in [0.717, 1.165) is 13.1 Å². The summed E-state index contributed by atoms with van der Waals surface area (Å²) in [7, 11) is 0. The van der Waals surface area contributed by atoms with E-state index in [1.807, 2.05) is 0 Å². The molecule has 0 bridgehead atoms. The second-order valence-electron chi connectivity index (χ2n) is 4.13. The first-order valence-electron chi connectivity index (χ1n) is 5.49. The summed E-state index contributed by atoms with van der Waals surface area (Å²) in [6.45, 7) is 4.45. The number of anilines is 1. The van der Waals surface area contributed by atoms with Crippen molar-refractivity contribution in [2.24, 2.45) is 0 Å². The number of nitrogens with one attached hydrogen (secondary N) is 2. The summed E-state index contributed by atoms with van der Waals surface area (Å²) in [5, 5.41) is 7.02. The van der Waals surface area contributed by atoms with Crippen molar-refractivity contribution in [1.82, 2.24) is 5.32 Å². The van der Waals surface area contributed by atoms with Crippen LogP contribution in [0.4, 0.5) is 5.69 Å². The van der Waals surface area contributed by atoms with E-state index in [-0.39, 0.29) is 0 Å². The lowest BCUT2D eigenvalue weighted by Crippen LogP contribution is -2.35. The zero-order chi connectivity index (χ0) is 10.7. The molecule has 1 heterocycles. The number of halogens is 1. The fourth-order valence-electron chi connectivity index (χ4n) is 1.98. The van der Waals surface area contributed by atoms with Gasteiger partial charge in [0.25, 0.3) is 0 Å². The van der Waals surface area contributed by atoms with Gasteiger partial charge in [0.1, 0.15) is 0 Å². The van der Waals surface area contributed by atoms with Gasteiger partial charge in [-0.1, -0.05) is 0 Å². The number of piperidine rings is 1. The molecule has 0 atom stereocenters. The van der Waals surface area contributed by atoms with Gasteiger partial charge in [-0.2, -0.15) is 0 Å². The minimum Gasteiger partial charge on any atom is -0.382 e. The van der Waals surface area contributed by atoms with E-state index in [4.69, 9.17) is 0 Å². The third kappa shape index (κ3) is 3.08. The largest absolute Gasteiger partial charge is 0.382 e. The summed E-state index contributed by atoms with van der Waals surface area (Å²) in [5.41, 5.74) is 2.64. The van der Waals surface area contributed by atoms with Crippen LogP contribution >= 0.6 is 22.6 Å². The normalized spacial score (nSPS) is 17.7. The second kappa shape index (κ2) is 5.16. The molecule has 3 heteroatoms. The van der Waals surface area contributed by atoms with Gasteiger partial charge in [0.2, 0.25) is 0 Å². The van der Waals surface area contributed by atoms with Crippen LogP contribution in [0, 0.1) is 10.5 Å². The van der Waals surface area contributed by atoms with E-state index >= 15 is 0 Å². The maximum atomic E-state index is 3.63. The van der Waals surface area contributed by atoms with Crippen LogP contribution in [0.1, 0.15) is 18.4 Å². The van der Waals surface area contributed by atoms with Crippen LogP contribution in [0.25, 0.3) is 0 Å². The zero-order valence-electron chi connectivity index (χ0n) is 9.02. The Hall–Kier alpha value is -0.290. The van der Waals surface area contributed by atoms with Crippen molar-refractivity contribution >= 4 is 28.3 Å². The standard InChI is InChI=1S/C12H17IN2/c1-9-8-10(13)2-3-12(9)15-11-4-6-14-7-5-11/h2-3,8,11,14-15H,4-7H2,1H3. The van der Waals surface area contributed by atoms with Gasteiger partial charge in [-0.05, 0) is 79.2 Å². The maximum Gasteiger partial charge on any atom is 0.0372 e. The van der Waals surface area contributed by atoms with Crippen LogP contribution in [0.2, 0.25) is 0 Å². The van der Waals surface area contributed by atoms with Gasteiger partial charge < -0.3 is 10.6 Å². The molecule has 0 spiro atoms. The molecule has 0 aliphatic carbocycles. The highest BCUT2D eigenvalue weighted by Crippen LogP contribution is 2.20. The van der Waals surface area contributed by atoms with Crippen LogP contribution < -0.4 is 10.6 Å². The third-order valence-corrected chi connectivity index (χ3v) is 3.56. The van der Waals surface area contributed by atoms with Crippen molar-refractivity contribution < 1.29 is 0 Å². The third-order valence-electron chi connectivity index (χ3n) is 2.89. The van der Waals surface area contributed by atoms with E-state index in [1.165, 1.54) is 27.7 Å². The van der Waals surface area contributed by atoms with Crippen molar-refractivity contribution in [3.05, 3.63) is 27.3 Å². The highest BCUT2D eigenvalue weighted by molar-refractivity contribution is 14.1. The van der Waals surface area contributed by atoms with Gasteiger partial charge >= 0.3 is 0 Å². The molecule has 0 amide bonds. The molecule has 0 saturated carbocycles. The van der Waals surface area contributed by atoms with Crippen molar-refractivity contribution in [2.75, 3.05) is 18.4 Å². The molecule has 0 unspecified atom stereocenters. The van der Waals surface area contributed by atoms with Gasteiger partial charge in [-0.25, -0.2) is 0 Å². The molecule has 2 rings (SSSR count). The monoisotopic (exact) mass is 316 g/mol. The summed E-state index contributed by atoms with van der Waals surface area (Å²) >= 11 is 2.36. The molecule has 1 fully saturated rings. The van der Waals surface area contributed by atoms with E-state index in [9.17, 15) is 0 Å². The fourth-order valence-corrected chi connectivity index (χ4v) is 2.62. The van der Waals surface area contributed by atoms with Crippen LogP contribution in [0.15, 0.2) is 18.2 Å². The molecule has 15 heavy (non-hydrogen) atoms. The lowest BCUT2D eigenvalue weighted by molar-refractivity contribution is 0.479. The molecule has 0 aromatic heterocycles. The van der Waals surface area contributed by atoms with Crippen molar-refractivity contribution in [3.8, 4) is 0 Å². The lowest BCUT2D eigenvalue weighted by atomic mass is 10.1. The molecular formula is C12H17IN2. The average molecular weight is 316 g/mol. The smallest absolute Gasteiger partial charge is 0.0372 e. The second-order valence-corrected chi connectivity index (χ2v) is 5.37. The molecular weight excluding hydrogens is 299 g/mol. The number of aryl methyl sites for hydroxylation is 1. The molecule has 1 aliphatic rings. The molecule has 2 nitrogen and oxygen atoms in total. The Morgan fingerprint density at radius 3 is 2.73 bits per heavy atom. The van der Waals surface area contributed by atoms with E-state index in [0.29, 0.717) is 6.04 Å². The Balaban J connectivity index is 2.03. The van der Waals surface area contributed by atoms with Crippen LogP contribution in [0.3, 0.4) is 0 Å². The number of benzene rings is 1. The van der Waals surface area contributed by atoms with Crippen molar-refractivity contribution in [1.29, 1.82) is 0 Å². The molecule has 82 valence electrons. The molecule has 1 aromatic rings. The first-order chi connectivity index (χ1) is 7.25. The van der Waals surface area contributed by atoms with Gasteiger partial charge in [-0.3, -0.25) is 0 Å². The minimum atomic E-state index is 0.644. The fraction of sp³-hybridized carbons (Fsp3) is 0.500. The Kier molecular flexibility index (Phi) is 3.86. The first-order valence-corrected chi connectivity index (χ1v) is 6.57. The number of hydrogen-bond acceptors (Lipinski definition) is 2. The van der Waals surface area contributed by atoms with E-state index < -0.39 is 0 Å². The molecule has 0 radical (unpaired) electrons. The predicted molar refractivity (Wildman–Crippen MR) is 73.4 cm³/mol. The topological polar surface area (TPSA) is 24.1 Å². The number of rotatable bonds is 2. The van der Waals surface area contributed by atoms with Gasteiger partial charge in [0, 0.05) is 15.3 Å². The van der Waals surface area contributed by atoms with E-state index in [2.05, 4.69) is 58.3 Å². The molecule has 1 saturated heterocycles. The predicted octanol–water partition coefficient (Wildman–Crippen LogP) is 2.76. The van der Waals surface area contributed by atoms with Crippen molar-refractivity contribution in [2.45, 2.75) is 25.8 Å². The summed E-state index contributed by atoms with van der Waals surface area (Å²) in [6, 6.07) is 7.23. The lowest BCUT2D eigenvalue weighted by Gasteiger charge is -2.25. The minimum absolute atomic E-state index is 0.644. The van der Waals surface area contributed by atoms with Gasteiger partial charge in [0.15, 0.2) is 0 Å². The van der Waals surface area contributed by atoms with Crippen LogP contribution in [0.5, 0.6) is 0 Å². The Labute approximate surface area is 105 Å². The molecule has 1 aliphatic heterocycles. The summed E-state index contributed by atoms with van der Waals surface area (Å²) < 4.78 is 1.31. The summed E-state index contributed by atoms with van der Waals surface area (Å²) in [5.74, 6) is 0. The average Bonchev–Trinajstić information content (AvgIpc) is 2.24. The highest BCUT2D eigenvalue weighted by Gasteiger charge is 2.12. The SMILES string of the molecule is Cc1cc(I)ccc1NC1CCNCC1.